The van der Waals surface area contributed by atoms with E-state index in [-0.39, 0.29) is 35.3 Å². The van der Waals surface area contributed by atoms with Crippen LogP contribution in [-0.4, -0.2) is 67.5 Å². The third-order valence-corrected chi connectivity index (χ3v) is 6.25. The first-order valence-electron chi connectivity index (χ1n) is 5.71. The van der Waals surface area contributed by atoms with E-state index in [0.717, 1.165) is 0 Å². The number of carbonyl (C=O) groups excluding carboxylic acids is 1. The van der Waals surface area contributed by atoms with Crippen molar-refractivity contribution in [2.45, 2.75) is 18.2 Å². The molecule has 2 aliphatic rings. The molecule has 2 saturated heterocycles. The Morgan fingerprint density at radius 1 is 1.56 bits per heavy atom. The highest BCUT2D eigenvalue weighted by molar-refractivity contribution is 8.15. The summed E-state index contributed by atoms with van der Waals surface area (Å²) in [5.74, 6) is 0.00745. The lowest BCUT2D eigenvalue weighted by Crippen LogP contribution is -2.37. The van der Waals surface area contributed by atoms with Gasteiger partial charge in [-0.1, -0.05) is 11.8 Å². The number of nitrogens with zero attached hydrogens (tertiary/aromatic N) is 2. The van der Waals surface area contributed by atoms with E-state index >= 15 is 0 Å². The van der Waals surface area contributed by atoms with E-state index in [2.05, 4.69) is 4.99 Å². The summed E-state index contributed by atoms with van der Waals surface area (Å²) >= 11 is 1.39. The molecule has 1 amide bonds. The van der Waals surface area contributed by atoms with Gasteiger partial charge in [0.25, 0.3) is 5.91 Å². The standard InChI is InChI=1S/C10H16N2O4S2/c1-3-12-7-5-18(14,15)6-8(7)17-10(12)11-9(13)4-16-2/h7-8H,3-6H2,1-2H3/t7-,8-/m1/s1. The van der Waals surface area contributed by atoms with Crippen molar-refractivity contribution in [3.63, 3.8) is 0 Å². The van der Waals surface area contributed by atoms with Gasteiger partial charge in [-0.25, -0.2) is 8.42 Å². The van der Waals surface area contributed by atoms with Gasteiger partial charge in [0.05, 0.1) is 17.5 Å². The van der Waals surface area contributed by atoms with Crippen LogP contribution in [0.15, 0.2) is 4.99 Å². The number of ether oxygens (including phenoxy) is 1. The fourth-order valence-electron chi connectivity index (χ4n) is 2.27. The molecule has 0 saturated carbocycles. The van der Waals surface area contributed by atoms with E-state index in [4.69, 9.17) is 4.74 Å². The van der Waals surface area contributed by atoms with Crippen molar-refractivity contribution in [1.82, 2.24) is 4.90 Å². The summed E-state index contributed by atoms with van der Waals surface area (Å²) in [5, 5.41) is 0.633. The Morgan fingerprint density at radius 2 is 2.28 bits per heavy atom. The molecule has 2 fully saturated rings. The predicted octanol–water partition coefficient (Wildman–Crippen LogP) is -0.250. The van der Waals surface area contributed by atoms with Crippen LogP contribution in [0.25, 0.3) is 0 Å². The Labute approximate surface area is 111 Å². The predicted molar refractivity (Wildman–Crippen MR) is 70.5 cm³/mol. The van der Waals surface area contributed by atoms with Crippen molar-refractivity contribution in [3.8, 4) is 0 Å². The lowest BCUT2D eigenvalue weighted by atomic mass is 10.2. The van der Waals surface area contributed by atoms with Crippen LogP contribution in [0.1, 0.15) is 6.92 Å². The SMILES string of the molecule is CCN1C(=NC(=O)COC)S[C@@H]2CS(=O)(=O)C[C@H]21. The Morgan fingerprint density at radius 3 is 2.89 bits per heavy atom. The molecule has 18 heavy (non-hydrogen) atoms. The van der Waals surface area contributed by atoms with Crippen molar-refractivity contribution >= 4 is 32.7 Å². The second kappa shape index (κ2) is 5.18. The van der Waals surface area contributed by atoms with Gasteiger partial charge >= 0.3 is 0 Å². The molecule has 2 atom stereocenters. The molecule has 0 aliphatic carbocycles. The summed E-state index contributed by atoms with van der Waals surface area (Å²) in [6.45, 7) is 2.54. The molecule has 0 aromatic heterocycles. The average molecular weight is 292 g/mol. The monoisotopic (exact) mass is 292 g/mol. The summed E-state index contributed by atoms with van der Waals surface area (Å²) in [7, 11) is -1.49. The first-order chi connectivity index (χ1) is 8.46. The van der Waals surface area contributed by atoms with Crippen molar-refractivity contribution in [2.75, 3.05) is 31.8 Å². The number of aliphatic imine (C=N–C) groups is 1. The number of methoxy groups -OCH3 is 1. The molecule has 8 heteroatoms. The minimum atomic E-state index is -2.94. The second-order valence-electron chi connectivity index (χ2n) is 4.31. The van der Waals surface area contributed by atoms with E-state index in [1.165, 1.54) is 18.9 Å². The maximum absolute atomic E-state index is 11.6. The number of sulfone groups is 1. The number of amidine groups is 1. The normalized spacial score (nSPS) is 31.9. The van der Waals surface area contributed by atoms with Gasteiger partial charge in [0, 0.05) is 18.9 Å². The Balaban J connectivity index is 2.16. The van der Waals surface area contributed by atoms with E-state index in [9.17, 15) is 13.2 Å². The zero-order chi connectivity index (χ0) is 13.3. The molecule has 0 spiro atoms. The topological polar surface area (TPSA) is 76.0 Å². The highest BCUT2D eigenvalue weighted by Crippen LogP contribution is 2.37. The number of hydrogen-bond acceptors (Lipinski definition) is 5. The molecular formula is C10H16N2O4S2. The highest BCUT2D eigenvalue weighted by Gasteiger charge is 2.48. The van der Waals surface area contributed by atoms with Gasteiger partial charge in [0.2, 0.25) is 0 Å². The van der Waals surface area contributed by atoms with Gasteiger partial charge in [-0.3, -0.25) is 4.79 Å². The minimum Gasteiger partial charge on any atom is -0.375 e. The van der Waals surface area contributed by atoms with E-state index < -0.39 is 9.84 Å². The molecule has 102 valence electrons. The van der Waals surface area contributed by atoms with Crippen LogP contribution in [0.3, 0.4) is 0 Å². The number of carbonyl (C=O) groups is 1. The number of thioether (sulfide) groups is 1. The van der Waals surface area contributed by atoms with Crippen molar-refractivity contribution < 1.29 is 17.9 Å². The lowest BCUT2D eigenvalue weighted by molar-refractivity contribution is -0.121. The van der Waals surface area contributed by atoms with Crippen LogP contribution in [0.4, 0.5) is 0 Å². The van der Waals surface area contributed by atoms with E-state index in [0.29, 0.717) is 11.7 Å². The van der Waals surface area contributed by atoms with E-state index in [1.807, 2.05) is 11.8 Å². The Bertz CT molecular complexity index is 474. The molecular weight excluding hydrogens is 276 g/mol. The van der Waals surface area contributed by atoms with Crippen LogP contribution in [0, 0.1) is 0 Å². The molecule has 0 aromatic rings. The van der Waals surface area contributed by atoms with Crippen molar-refractivity contribution in [1.29, 1.82) is 0 Å². The smallest absolute Gasteiger partial charge is 0.274 e. The second-order valence-corrected chi connectivity index (χ2v) is 7.67. The summed E-state index contributed by atoms with van der Waals surface area (Å²) in [5.41, 5.74) is 0. The van der Waals surface area contributed by atoms with Gasteiger partial charge < -0.3 is 9.64 Å². The molecule has 6 nitrogen and oxygen atoms in total. The summed E-state index contributed by atoms with van der Waals surface area (Å²) in [6, 6.07) is -0.0425. The summed E-state index contributed by atoms with van der Waals surface area (Å²) in [4.78, 5) is 17.3. The maximum Gasteiger partial charge on any atom is 0.274 e. The fraction of sp³-hybridized carbons (Fsp3) is 0.800. The third kappa shape index (κ3) is 2.70. The molecule has 0 N–H and O–H groups in total. The van der Waals surface area contributed by atoms with Crippen LogP contribution >= 0.6 is 11.8 Å². The van der Waals surface area contributed by atoms with Crippen LogP contribution in [0.5, 0.6) is 0 Å². The van der Waals surface area contributed by atoms with Crippen LogP contribution in [-0.2, 0) is 19.4 Å². The van der Waals surface area contributed by atoms with Crippen molar-refractivity contribution in [3.05, 3.63) is 0 Å². The first-order valence-corrected chi connectivity index (χ1v) is 8.41. The van der Waals surface area contributed by atoms with Gasteiger partial charge in [-0.15, -0.1) is 0 Å². The molecule has 2 aliphatic heterocycles. The third-order valence-electron chi connectivity index (χ3n) is 3.00. The fourth-order valence-corrected chi connectivity index (χ4v) is 6.30. The summed E-state index contributed by atoms with van der Waals surface area (Å²) < 4.78 is 27.9. The molecule has 2 rings (SSSR count). The zero-order valence-corrected chi connectivity index (χ0v) is 12.0. The van der Waals surface area contributed by atoms with Gasteiger partial charge in [-0.05, 0) is 6.92 Å². The largest absolute Gasteiger partial charge is 0.375 e. The molecule has 2 heterocycles. The van der Waals surface area contributed by atoms with Crippen LogP contribution < -0.4 is 0 Å². The number of fused-ring (bicyclic) bond motifs is 1. The van der Waals surface area contributed by atoms with Gasteiger partial charge in [0.1, 0.15) is 6.61 Å². The number of rotatable bonds is 3. The summed E-state index contributed by atoms with van der Waals surface area (Å²) in [6.07, 6.45) is 0. The maximum atomic E-state index is 11.6. The molecule has 0 bridgehead atoms. The van der Waals surface area contributed by atoms with Crippen LogP contribution in [0.2, 0.25) is 0 Å². The Kier molecular flexibility index (Phi) is 3.98. The van der Waals surface area contributed by atoms with E-state index in [1.54, 1.807) is 0 Å². The molecule has 0 radical (unpaired) electrons. The van der Waals surface area contributed by atoms with Crippen molar-refractivity contribution in [2.24, 2.45) is 4.99 Å². The molecule has 0 aromatic carbocycles. The zero-order valence-electron chi connectivity index (χ0n) is 10.3. The number of hydrogen-bond donors (Lipinski definition) is 0. The molecule has 0 unspecified atom stereocenters. The first kappa shape index (κ1) is 13.8. The quantitative estimate of drug-likeness (QED) is 0.714. The lowest BCUT2D eigenvalue weighted by Gasteiger charge is -2.22. The highest BCUT2D eigenvalue weighted by atomic mass is 32.2. The number of amides is 1. The van der Waals surface area contributed by atoms with Gasteiger partial charge in [-0.2, -0.15) is 4.99 Å². The minimum absolute atomic E-state index is 0.00375. The van der Waals surface area contributed by atoms with Gasteiger partial charge in [0.15, 0.2) is 15.0 Å². The Hall–Kier alpha value is -0.600. The average Bonchev–Trinajstić information content (AvgIpc) is 2.69.